The van der Waals surface area contributed by atoms with E-state index in [0.29, 0.717) is 30.6 Å². The minimum atomic E-state index is -1.32. The number of methoxy groups -OCH3 is 1. The van der Waals surface area contributed by atoms with Crippen molar-refractivity contribution in [2.45, 2.75) is 25.3 Å². The van der Waals surface area contributed by atoms with Crippen LogP contribution in [0.15, 0.2) is 29.2 Å². The summed E-state index contributed by atoms with van der Waals surface area (Å²) in [5.41, 5.74) is 0.634. The number of aliphatic carboxylic acids is 1. The predicted molar refractivity (Wildman–Crippen MR) is 100 cm³/mol. The van der Waals surface area contributed by atoms with Crippen LogP contribution in [0.4, 0.5) is 4.79 Å². The van der Waals surface area contributed by atoms with E-state index >= 15 is 0 Å². The number of carbonyl (C=O) groups excluding carboxylic acids is 4. The lowest BCUT2D eigenvalue weighted by Gasteiger charge is -2.36. The quantitative estimate of drug-likeness (QED) is 0.671. The Bertz CT molecular complexity index is 853. The van der Waals surface area contributed by atoms with Gasteiger partial charge in [-0.15, -0.1) is 0 Å². The summed E-state index contributed by atoms with van der Waals surface area (Å²) in [6, 6.07) is 6.02. The zero-order valence-electron chi connectivity index (χ0n) is 15.3. The molecule has 148 valence electrons. The Morgan fingerprint density at radius 2 is 2.04 bits per heavy atom. The summed E-state index contributed by atoms with van der Waals surface area (Å²) in [6.07, 6.45) is 3.21. The molecular weight excluding hydrogens is 384 g/mol. The third kappa shape index (κ3) is 4.04. The monoisotopic (exact) mass is 403 g/mol. The first-order valence-electron chi connectivity index (χ1n) is 8.81. The predicted octanol–water partition coefficient (Wildman–Crippen LogP) is 0.862. The van der Waals surface area contributed by atoms with Crippen LogP contribution in [0, 0.1) is 0 Å². The SMILES string of the molecule is COc1ccccc1/C=C1\SC(=O)N(CC(=O)N2CCCC[C@@H]2C(=O)[O-])C1=O. The largest absolute Gasteiger partial charge is 0.548 e. The number of thioether (sulfide) groups is 1. The first kappa shape index (κ1) is 19.9. The number of rotatable bonds is 5. The summed E-state index contributed by atoms with van der Waals surface area (Å²) >= 11 is 0.735. The maximum absolute atomic E-state index is 12.6. The molecule has 0 N–H and O–H groups in total. The van der Waals surface area contributed by atoms with Crippen LogP contribution in [-0.4, -0.2) is 59.1 Å². The summed E-state index contributed by atoms with van der Waals surface area (Å²) in [6.45, 7) is -0.220. The molecule has 0 aliphatic carbocycles. The number of hydrogen-bond acceptors (Lipinski definition) is 7. The molecule has 2 saturated heterocycles. The first-order valence-corrected chi connectivity index (χ1v) is 9.62. The molecule has 0 radical (unpaired) electrons. The molecule has 2 heterocycles. The summed E-state index contributed by atoms with van der Waals surface area (Å²) in [4.78, 5) is 50.9. The lowest BCUT2D eigenvalue weighted by Crippen LogP contribution is -2.55. The van der Waals surface area contributed by atoms with Gasteiger partial charge < -0.3 is 19.5 Å². The topological polar surface area (TPSA) is 107 Å². The van der Waals surface area contributed by atoms with Gasteiger partial charge in [0, 0.05) is 12.1 Å². The van der Waals surface area contributed by atoms with Crippen LogP contribution in [0.25, 0.3) is 6.08 Å². The molecule has 0 saturated carbocycles. The molecule has 3 rings (SSSR count). The average Bonchev–Trinajstić information content (AvgIpc) is 2.95. The van der Waals surface area contributed by atoms with Crippen molar-refractivity contribution in [2.24, 2.45) is 0 Å². The molecular formula is C19H19N2O6S-. The Labute approximate surface area is 166 Å². The molecule has 1 aromatic rings. The number of carboxylic acid groups (broad SMARTS) is 1. The number of benzene rings is 1. The molecule has 1 aromatic carbocycles. The molecule has 0 aromatic heterocycles. The zero-order chi connectivity index (χ0) is 20.3. The lowest BCUT2D eigenvalue weighted by molar-refractivity contribution is -0.312. The standard InChI is InChI=1S/C19H20N2O6S/c1-27-14-8-3-2-6-12(14)10-15-17(23)21(19(26)28-15)11-16(22)20-9-5-4-7-13(20)18(24)25/h2-3,6,8,10,13H,4-5,7,9,11H2,1H3,(H,24,25)/p-1/b15-10-/t13-/m1/s1. The van der Waals surface area contributed by atoms with E-state index < -0.39 is 35.6 Å². The van der Waals surface area contributed by atoms with Crippen LogP contribution in [0.1, 0.15) is 24.8 Å². The number of nitrogens with zero attached hydrogens (tertiary/aromatic N) is 2. The van der Waals surface area contributed by atoms with Gasteiger partial charge in [0.15, 0.2) is 0 Å². The maximum atomic E-state index is 12.6. The van der Waals surface area contributed by atoms with Crippen LogP contribution in [0.5, 0.6) is 5.75 Å². The highest BCUT2D eigenvalue weighted by atomic mass is 32.2. The number of hydrogen-bond donors (Lipinski definition) is 0. The van der Waals surface area contributed by atoms with Gasteiger partial charge in [0.2, 0.25) is 5.91 Å². The summed E-state index contributed by atoms with van der Waals surface area (Å²) < 4.78 is 5.24. The Balaban J connectivity index is 1.76. The number of imide groups is 1. The number of piperidine rings is 1. The van der Waals surface area contributed by atoms with E-state index in [-0.39, 0.29) is 11.4 Å². The van der Waals surface area contributed by atoms with E-state index in [4.69, 9.17) is 4.74 Å². The highest BCUT2D eigenvalue weighted by molar-refractivity contribution is 8.18. The highest BCUT2D eigenvalue weighted by Crippen LogP contribution is 2.34. The van der Waals surface area contributed by atoms with E-state index in [1.54, 1.807) is 30.3 Å². The minimum Gasteiger partial charge on any atom is -0.548 e. The van der Waals surface area contributed by atoms with Gasteiger partial charge in [-0.2, -0.15) is 0 Å². The molecule has 3 amide bonds. The van der Waals surface area contributed by atoms with Gasteiger partial charge in [0.05, 0.1) is 24.0 Å². The van der Waals surface area contributed by atoms with Crippen LogP contribution < -0.4 is 9.84 Å². The van der Waals surface area contributed by atoms with Gasteiger partial charge in [-0.25, -0.2) is 0 Å². The third-order valence-corrected chi connectivity index (χ3v) is 5.60. The van der Waals surface area contributed by atoms with E-state index in [9.17, 15) is 24.3 Å². The number of carbonyl (C=O) groups is 4. The van der Waals surface area contributed by atoms with Crippen molar-refractivity contribution in [1.82, 2.24) is 9.80 Å². The van der Waals surface area contributed by atoms with Crippen molar-refractivity contribution in [3.8, 4) is 5.75 Å². The van der Waals surface area contributed by atoms with Gasteiger partial charge in [-0.1, -0.05) is 18.2 Å². The van der Waals surface area contributed by atoms with Crippen molar-refractivity contribution < 1.29 is 29.0 Å². The number of carboxylic acids is 1. The van der Waals surface area contributed by atoms with Crippen LogP contribution in [0.2, 0.25) is 0 Å². The lowest BCUT2D eigenvalue weighted by atomic mass is 10.0. The third-order valence-electron chi connectivity index (χ3n) is 4.69. The molecule has 2 aliphatic heterocycles. The van der Waals surface area contributed by atoms with E-state index in [0.717, 1.165) is 16.7 Å². The fourth-order valence-corrected chi connectivity index (χ4v) is 4.09. The Kier molecular flexibility index (Phi) is 6.03. The minimum absolute atomic E-state index is 0.178. The van der Waals surface area contributed by atoms with Crippen LogP contribution in [-0.2, 0) is 14.4 Å². The Hall–Kier alpha value is -2.81. The zero-order valence-corrected chi connectivity index (χ0v) is 16.1. The number of likely N-dealkylation sites (tertiary alicyclic amines) is 1. The number of para-hydroxylation sites is 1. The molecule has 0 unspecified atom stereocenters. The Morgan fingerprint density at radius 1 is 1.29 bits per heavy atom. The van der Waals surface area contributed by atoms with E-state index in [1.165, 1.54) is 12.0 Å². The fraction of sp³-hybridized carbons (Fsp3) is 0.368. The van der Waals surface area contributed by atoms with Crippen molar-refractivity contribution in [3.63, 3.8) is 0 Å². The molecule has 0 bridgehead atoms. The number of ether oxygens (including phenoxy) is 1. The van der Waals surface area contributed by atoms with Crippen LogP contribution >= 0.6 is 11.8 Å². The van der Waals surface area contributed by atoms with Crippen molar-refractivity contribution in [1.29, 1.82) is 0 Å². The van der Waals surface area contributed by atoms with Gasteiger partial charge in [0.25, 0.3) is 11.1 Å². The van der Waals surface area contributed by atoms with Gasteiger partial charge in [-0.3, -0.25) is 19.3 Å². The molecule has 1 atom stereocenters. The van der Waals surface area contributed by atoms with Gasteiger partial charge in [0.1, 0.15) is 12.3 Å². The average molecular weight is 403 g/mol. The summed E-state index contributed by atoms with van der Waals surface area (Å²) in [7, 11) is 1.50. The molecule has 2 aliphatic rings. The molecule has 0 spiro atoms. The maximum Gasteiger partial charge on any atom is 0.294 e. The molecule has 9 heteroatoms. The second kappa shape index (κ2) is 8.47. The second-order valence-electron chi connectivity index (χ2n) is 6.43. The normalized spacial score (nSPS) is 21.3. The molecule has 2 fully saturated rings. The second-order valence-corrected chi connectivity index (χ2v) is 7.42. The van der Waals surface area contributed by atoms with Crippen molar-refractivity contribution in [3.05, 3.63) is 34.7 Å². The molecule has 8 nitrogen and oxygen atoms in total. The smallest absolute Gasteiger partial charge is 0.294 e. The number of amides is 3. The van der Waals surface area contributed by atoms with Crippen molar-refractivity contribution in [2.75, 3.05) is 20.2 Å². The highest BCUT2D eigenvalue weighted by Gasteiger charge is 2.38. The van der Waals surface area contributed by atoms with E-state index in [1.807, 2.05) is 0 Å². The Morgan fingerprint density at radius 3 is 2.75 bits per heavy atom. The van der Waals surface area contributed by atoms with Crippen molar-refractivity contribution >= 4 is 40.9 Å². The summed E-state index contributed by atoms with van der Waals surface area (Å²) in [5, 5.41) is 10.7. The first-order chi connectivity index (χ1) is 13.4. The fourth-order valence-electron chi connectivity index (χ4n) is 3.26. The summed E-state index contributed by atoms with van der Waals surface area (Å²) in [5.74, 6) is -1.93. The molecule has 28 heavy (non-hydrogen) atoms. The van der Waals surface area contributed by atoms with Gasteiger partial charge in [-0.05, 0) is 43.2 Å². The van der Waals surface area contributed by atoms with Crippen LogP contribution in [0.3, 0.4) is 0 Å². The van der Waals surface area contributed by atoms with E-state index in [2.05, 4.69) is 0 Å². The van der Waals surface area contributed by atoms with Gasteiger partial charge >= 0.3 is 0 Å².